The van der Waals surface area contributed by atoms with E-state index < -0.39 is 12.0 Å². The van der Waals surface area contributed by atoms with Crippen LogP contribution in [0.15, 0.2) is 75.0 Å². The van der Waals surface area contributed by atoms with Gasteiger partial charge in [-0.3, -0.25) is 9.36 Å². The maximum absolute atomic E-state index is 13.3. The SMILES string of the molecule is CCOC(=O)C1=C(C)N=c2s/c(=C/C=C\c3ccccc3)c(=O)n2[C@H]1c1cccs1. The maximum atomic E-state index is 13.3. The van der Waals surface area contributed by atoms with Gasteiger partial charge in [-0.25, -0.2) is 9.79 Å². The summed E-state index contributed by atoms with van der Waals surface area (Å²) in [5.41, 5.74) is 1.89. The second kappa shape index (κ2) is 8.77. The van der Waals surface area contributed by atoms with E-state index in [0.717, 1.165) is 10.4 Å². The van der Waals surface area contributed by atoms with Crippen molar-refractivity contribution in [2.45, 2.75) is 19.9 Å². The van der Waals surface area contributed by atoms with Crippen molar-refractivity contribution in [3.05, 3.63) is 95.3 Å². The summed E-state index contributed by atoms with van der Waals surface area (Å²) < 4.78 is 7.45. The predicted octanol–water partition coefficient (Wildman–Crippen LogP) is 3.52. The molecule has 0 N–H and O–H groups in total. The summed E-state index contributed by atoms with van der Waals surface area (Å²) in [6, 6.07) is 13.2. The number of nitrogens with zero attached hydrogens (tertiary/aromatic N) is 2. The molecule has 1 aliphatic rings. The van der Waals surface area contributed by atoms with Crippen LogP contribution in [0.1, 0.15) is 30.3 Å². The monoisotopic (exact) mass is 436 g/mol. The normalized spacial score (nSPS) is 16.6. The third-order valence-electron chi connectivity index (χ3n) is 4.67. The van der Waals surface area contributed by atoms with Crippen LogP contribution >= 0.6 is 22.7 Å². The van der Waals surface area contributed by atoms with Crippen molar-refractivity contribution in [1.29, 1.82) is 0 Å². The number of allylic oxidation sites excluding steroid dienone is 2. The number of aromatic nitrogens is 1. The molecule has 0 saturated carbocycles. The van der Waals surface area contributed by atoms with E-state index in [0.29, 0.717) is 20.6 Å². The van der Waals surface area contributed by atoms with E-state index in [1.165, 1.54) is 22.7 Å². The third kappa shape index (κ3) is 3.86. The molecule has 152 valence electrons. The van der Waals surface area contributed by atoms with Crippen LogP contribution in [0.3, 0.4) is 0 Å². The maximum Gasteiger partial charge on any atom is 0.338 e. The molecule has 3 heterocycles. The third-order valence-corrected chi connectivity index (χ3v) is 6.59. The second-order valence-corrected chi connectivity index (χ2v) is 8.60. The van der Waals surface area contributed by atoms with Crippen LogP contribution in [0.4, 0.5) is 0 Å². The topological polar surface area (TPSA) is 60.7 Å². The lowest BCUT2D eigenvalue weighted by Crippen LogP contribution is -2.39. The number of hydrogen-bond acceptors (Lipinski definition) is 6. The Balaban J connectivity index is 1.83. The molecule has 1 aliphatic heterocycles. The quantitative estimate of drug-likeness (QED) is 0.575. The minimum absolute atomic E-state index is 0.163. The molecule has 0 fully saturated rings. The molecule has 0 unspecified atom stereocenters. The number of benzene rings is 1. The molecule has 0 aliphatic carbocycles. The Labute approximate surface area is 181 Å². The first-order chi connectivity index (χ1) is 14.6. The van der Waals surface area contributed by atoms with Crippen molar-refractivity contribution >= 4 is 40.8 Å². The number of fused-ring (bicyclic) bond motifs is 1. The van der Waals surface area contributed by atoms with Gasteiger partial charge in [0.15, 0.2) is 4.80 Å². The first kappa shape index (κ1) is 20.3. The Morgan fingerprint density at radius 2 is 2.03 bits per heavy atom. The van der Waals surface area contributed by atoms with Crippen LogP contribution in [0, 0.1) is 0 Å². The number of thiophene rings is 1. The fraction of sp³-hybridized carbons (Fsp3) is 0.174. The van der Waals surface area contributed by atoms with Crippen LogP contribution in [0.25, 0.3) is 12.2 Å². The number of esters is 1. The molecule has 0 spiro atoms. The lowest BCUT2D eigenvalue weighted by molar-refractivity contribution is -0.139. The van der Waals surface area contributed by atoms with Crippen molar-refractivity contribution in [2.24, 2.45) is 4.99 Å². The van der Waals surface area contributed by atoms with Crippen LogP contribution in [0.5, 0.6) is 0 Å². The molecule has 0 bridgehead atoms. The molecular formula is C23H20N2O3S2. The van der Waals surface area contributed by atoms with Gasteiger partial charge in [0.25, 0.3) is 5.56 Å². The average molecular weight is 437 g/mol. The highest BCUT2D eigenvalue weighted by molar-refractivity contribution is 7.10. The number of hydrogen-bond donors (Lipinski definition) is 0. The lowest BCUT2D eigenvalue weighted by Gasteiger charge is -2.23. The standard InChI is InChI=1S/C23H20N2O3S2/c1-3-28-22(27)19-15(2)24-23-25(20(19)17-13-8-14-29-17)21(26)18(30-23)12-7-11-16-9-5-4-6-10-16/h4-14,20H,3H2,1-2H3/b11-7-,18-12+/t20-/m0/s1. The summed E-state index contributed by atoms with van der Waals surface area (Å²) in [5.74, 6) is -0.435. The van der Waals surface area contributed by atoms with E-state index in [4.69, 9.17) is 4.74 Å². The largest absolute Gasteiger partial charge is 0.463 e. The molecule has 7 heteroatoms. The zero-order chi connectivity index (χ0) is 21.1. The Hall–Kier alpha value is -3.03. The van der Waals surface area contributed by atoms with Crippen LogP contribution < -0.4 is 14.9 Å². The van der Waals surface area contributed by atoms with E-state index in [2.05, 4.69) is 4.99 Å². The van der Waals surface area contributed by atoms with E-state index in [-0.39, 0.29) is 12.2 Å². The Kier molecular flexibility index (Phi) is 5.92. The Morgan fingerprint density at radius 3 is 2.73 bits per heavy atom. The van der Waals surface area contributed by atoms with Crippen molar-refractivity contribution < 1.29 is 9.53 Å². The summed E-state index contributed by atoms with van der Waals surface area (Å²) in [7, 11) is 0. The molecule has 30 heavy (non-hydrogen) atoms. The number of carbonyl (C=O) groups excluding carboxylic acids is 1. The lowest BCUT2D eigenvalue weighted by atomic mass is 10.0. The van der Waals surface area contributed by atoms with Gasteiger partial charge in [0.05, 0.1) is 22.4 Å². The fourth-order valence-electron chi connectivity index (χ4n) is 3.33. The first-order valence-electron chi connectivity index (χ1n) is 9.55. The zero-order valence-electron chi connectivity index (χ0n) is 16.6. The molecule has 1 aromatic carbocycles. The van der Waals surface area contributed by atoms with Crippen molar-refractivity contribution in [3.63, 3.8) is 0 Å². The highest BCUT2D eigenvalue weighted by Crippen LogP contribution is 2.33. The Morgan fingerprint density at radius 1 is 1.23 bits per heavy atom. The van der Waals surface area contributed by atoms with Crippen LogP contribution in [0.2, 0.25) is 0 Å². The number of thiazole rings is 1. The summed E-state index contributed by atoms with van der Waals surface area (Å²) in [4.78, 5) is 32.0. The molecule has 0 amide bonds. The molecule has 0 saturated heterocycles. The zero-order valence-corrected chi connectivity index (χ0v) is 18.2. The van der Waals surface area contributed by atoms with Crippen molar-refractivity contribution in [3.8, 4) is 0 Å². The first-order valence-corrected chi connectivity index (χ1v) is 11.2. The Bertz CT molecular complexity index is 1300. The van der Waals surface area contributed by atoms with Gasteiger partial charge in [-0.1, -0.05) is 59.9 Å². The van der Waals surface area contributed by atoms with Crippen LogP contribution in [-0.2, 0) is 9.53 Å². The summed E-state index contributed by atoms with van der Waals surface area (Å²) in [6.07, 6.45) is 5.61. The highest BCUT2D eigenvalue weighted by atomic mass is 32.1. The van der Waals surface area contributed by atoms with E-state index in [1.807, 2.05) is 60.0 Å². The van der Waals surface area contributed by atoms with Crippen LogP contribution in [-0.4, -0.2) is 17.1 Å². The van der Waals surface area contributed by atoms with E-state index in [9.17, 15) is 9.59 Å². The predicted molar refractivity (Wildman–Crippen MR) is 121 cm³/mol. The summed E-state index contributed by atoms with van der Waals surface area (Å²) in [6.45, 7) is 3.82. The van der Waals surface area contributed by atoms with Gasteiger partial charge in [-0.15, -0.1) is 11.3 Å². The summed E-state index contributed by atoms with van der Waals surface area (Å²) in [5, 5.41) is 1.94. The van der Waals surface area contributed by atoms with Gasteiger partial charge in [0.2, 0.25) is 0 Å². The molecular weight excluding hydrogens is 416 g/mol. The molecule has 4 rings (SSSR count). The molecule has 3 aromatic rings. The van der Waals surface area contributed by atoms with Gasteiger partial charge in [-0.05, 0) is 36.9 Å². The van der Waals surface area contributed by atoms with Gasteiger partial charge in [0.1, 0.15) is 6.04 Å². The van der Waals surface area contributed by atoms with Crippen molar-refractivity contribution in [1.82, 2.24) is 4.57 Å². The number of rotatable bonds is 5. The minimum Gasteiger partial charge on any atom is -0.463 e. The molecule has 5 nitrogen and oxygen atoms in total. The highest BCUT2D eigenvalue weighted by Gasteiger charge is 2.33. The van der Waals surface area contributed by atoms with Gasteiger partial charge < -0.3 is 4.74 Å². The van der Waals surface area contributed by atoms with E-state index >= 15 is 0 Å². The van der Waals surface area contributed by atoms with Gasteiger partial charge in [-0.2, -0.15) is 0 Å². The molecule has 2 aromatic heterocycles. The smallest absolute Gasteiger partial charge is 0.338 e. The minimum atomic E-state index is -0.527. The summed E-state index contributed by atoms with van der Waals surface area (Å²) >= 11 is 2.83. The number of ether oxygens (including phenoxy) is 1. The van der Waals surface area contributed by atoms with Gasteiger partial charge >= 0.3 is 5.97 Å². The fourth-order valence-corrected chi connectivity index (χ4v) is 5.15. The molecule has 0 radical (unpaired) electrons. The average Bonchev–Trinajstić information content (AvgIpc) is 3.37. The molecule has 1 atom stereocenters. The second-order valence-electron chi connectivity index (χ2n) is 6.61. The van der Waals surface area contributed by atoms with E-state index in [1.54, 1.807) is 24.5 Å². The number of carbonyl (C=O) groups is 1. The van der Waals surface area contributed by atoms with Crippen molar-refractivity contribution in [2.75, 3.05) is 6.61 Å². The van der Waals surface area contributed by atoms with Gasteiger partial charge in [0, 0.05) is 4.88 Å².